The molecule has 11 heavy (non-hydrogen) atoms. The molecule has 0 saturated heterocycles. The summed E-state index contributed by atoms with van der Waals surface area (Å²) in [6.07, 6.45) is 1.48. The number of carbonyl (C=O) groups excluding carboxylic acids is 1. The molecular formula is C5H7IN4O. The third kappa shape index (κ3) is 1.51. The zero-order chi connectivity index (χ0) is 8.43. The number of rotatable bonds is 1. The van der Waals surface area contributed by atoms with E-state index in [0.717, 1.165) is 3.70 Å². The summed E-state index contributed by atoms with van der Waals surface area (Å²) in [6.45, 7) is 0. The van der Waals surface area contributed by atoms with E-state index in [1.165, 1.54) is 6.20 Å². The number of hydrazine groups is 1. The summed E-state index contributed by atoms with van der Waals surface area (Å²) in [5.74, 6) is 4.63. The van der Waals surface area contributed by atoms with Crippen molar-refractivity contribution in [2.24, 2.45) is 12.9 Å². The van der Waals surface area contributed by atoms with Gasteiger partial charge in [0.2, 0.25) is 0 Å². The van der Waals surface area contributed by atoms with Crippen LogP contribution in [0.2, 0.25) is 0 Å². The molecule has 1 aromatic rings. The molecule has 0 fully saturated rings. The molecule has 0 bridgehead atoms. The third-order valence-corrected chi connectivity index (χ3v) is 2.52. The Kier molecular flexibility index (Phi) is 2.45. The predicted molar refractivity (Wildman–Crippen MR) is 47.6 cm³/mol. The molecular weight excluding hydrogens is 259 g/mol. The molecule has 0 saturated carbocycles. The molecule has 0 spiro atoms. The lowest BCUT2D eigenvalue weighted by Gasteiger charge is -1.95. The Morgan fingerprint density at radius 2 is 2.55 bits per heavy atom. The van der Waals surface area contributed by atoms with Gasteiger partial charge in [0.15, 0.2) is 0 Å². The molecule has 1 heterocycles. The second-order valence-electron chi connectivity index (χ2n) is 1.95. The second kappa shape index (κ2) is 3.18. The average molecular weight is 266 g/mol. The highest BCUT2D eigenvalue weighted by Gasteiger charge is 2.11. The van der Waals surface area contributed by atoms with Crippen LogP contribution in [-0.4, -0.2) is 15.7 Å². The summed E-state index contributed by atoms with van der Waals surface area (Å²) >= 11 is 2.02. The quantitative estimate of drug-likeness (QED) is 0.315. The van der Waals surface area contributed by atoms with Crippen LogP contribution >= 0.6 is 22.6 Å². The van der Waals surface area contributed by atoms with Crippen LogP contribution < -0.4 is 11.3 Å². The number of nitrogens with one attached hydrogen (secondary N) is 1. The minimum absolute atomic E-state index is 0.317. The number of nitrogens with zero attached hydrogens (tertiary/aromatic N) is 2. The Morgan fingerprint density at radius 3 is 2.91 bits per heavy atom. The lowest BCUT2D eigenvalue weighted by atomic mass is 10.3. The maximum Gasteiger partial charge on any atom is 0.269 e. The number of halogens is 1. The molecule has 0 aliphatic rings. The molecule has 1 rings (SSSR count). The smallest absolute Gasteiger partial charge is 0.269 e. The Morgan fingerprint density at radius 1 is 1.91 bits per heavy atom. The van der Waals surface area contributed by atoms with Crippen LogP contribution in [0.25, 0.3) is 0 Å². The summed E-state index contributed by atoms with van der Waals surface area (Å²) in [4.78, 5) is 11.0. The fourth-order valence-corrected chi connectivity index (χ4v) is 1.16. The Balaban J connectivity index is 3.04. The van der Waals surface area contributed by atoms with Gasteiger partial charge in [-0.2, -0.15) is 5.10 Å². The van der Waals surface area contributed by atoms with Crippen molar-refractivity contribution in [1.29, 1.82) is 0 Å². The molecule has 6 heteroatoms. The third-order valence-electron chi connectivity index (χ3n) is 1.24. The van der Waals surface area contributed by atoms with E-state index in [1.54, 1.807) is 11.7 Å². The van der Waals surface area contributed by atoms with E-state index < -0.39 is 0 Å². The monoisotopic (exact) mass is 266 g/mol. The van der Waals surface area contributed by atoms with Gasteiger partial charge in [-0.25, -0.2) is 5.84 Å². The molecule has 0 aromatic carbocycles. The highest BCUT2D eigenvalue weighted by Crippen LogP contribution is 2.09. The number of aromatic nitrogens is 2. The topological polar surface area (TPSA) is 72.9 Å². The number of hydrogen-bond donors (Lipinski definition) is 2. The zero-order valence-corrected chi connectivity index (χ0v) is 7.99. The van der Waals surface area contributed by atoms with Gasteiger partial charge in [-0.3, -0.25) is 14.9 Å². The Hall–Kier alpha value is -0.630. The van der Waals surface area contributed by atoms with Crippen LogP contribution in [0.3, 0.4) is 0 Å². The van der Waals surface area contributed by atoms with Crippen molar-refractivity contribution in [3.8, 4) is 0 Å². The van der Waals surface area contributed by atoms with Crippen LogP contribution in [0.15, 0.2) is 6.20 Å². The largest absolute Gasteiger partial charge is 0.290 e. The molecule has 60 valence electrons. The van der Waals surface area contributed by atoms with Crippen molar-refractivity contribution < 1.29 is 4.79 Å². The molecule has 1 amide bonds. The number of carbonyl (C=O) groups is 1. The van der Waals surface area contributed by atoms with Crippen LogP contribution in [-0.2, 0) is 7.05 Å². The van der Waals surface area contributed by atoms with E-state index in [9.17, 15) is 4.79 Å². The van der Waals surface area contributed by atoms with Crippen molar-refractivity contribution in [2.75, 3.05) is 0 Å². The summed E-state index contributed by atoms with van der Waals surface area (Å²) in [5, 5.41) is 3.88. The number of aryl methyl sites for hydroxylation is 1. The summed E-state index contributed by atoms with van der Waals surface area (Å²) < 4.78 is 2.37. The van der Waals surface area contributed by atoms with Crippen molar-refractivity contribution >= 4 is 28.5 Å². The standard InChI is InChI=1S/C5H7IN4O/c1-10-4(6)3(2-8-10)5(11)9-7/h2H,7H2,1H3,(H,9,11). The van der Waals surface area contributed by atoms with Gasteiger partial charge in [-0.15, -0.1) is 0 Å². The Bertz CT molecular complexity index is 282. The normalized spacial score (nSPS) is 9.73. The van der Waals surface area contributed by atoms with E-state index >= 15 is 0 Å². The van der Waals surface area contributed by atoms with Crippen LogP contribution in [0, 0.1) is 3.70 Å². The van der Waals surface area contributed by atoms with Crippen LogP contribution in [0.4, 0.5) is 0 Å². The molecule has 5 nitrogen and oxygen atoms in total. The summed E-state index contributed by atoms with van der Waals surface area (Å²) in [6, 6.07) is 0. The van der Waals surface area contributed by atoms with E-state index in [1.807, 2.05) is 28.0 Å². The predicted octanol–water partition coefficient (Wildman–Crippen LogP) is -0.372. The molecule has 3 N–H and O–H groups in total. The minimum atomic E-state index is -0.317. The minimum Gasteiger partial charge on any atom is -0.290 e. The number of hydrogen-bond acceptors (Lipinski definition) is 3. The fraction of sp³-hybridized carbons (Fsp3) is 0.200. The first-order chi connectivity index (χ1) is 5.16. The highest BCUT2D eigenvalue weighted by molar-refractivity contribution is 14.1. The zero-order valence-electron chi connectivity index (χ0n) is 5.84. The molecule has 0 aliphatic heterocycles. The highest BCUT2D eigenvalue weighted by atomic mass is 127. The van der Waals surface area contributed by atoms with E-state index in [-0.39, 0.29) is 5.91 Å². The van der Waals surface area contributed by atoms with Crippen molar-refractivity contribution in [2.45, 2.75) is 0 Å². The average Bonchev–Trinajstić information content (AvgIpc) is 2.32. The SMILES string of the molecule is Cn1ncc(C(=O)NN)c1I. The fourth-order valence-electron chi connectivity index (χ4n) is 0.653. The van der Waals surface area contributed by atoms with Crippen molar-refractivity contribution in [3.05, 3.63) is 15.5 Å². The Labute approximate surface area is 77.1 Å². The first-order valence-electron chi connectivity index (χ1n) is 2.85. The lowest BCUT2D eigenvalue weighted by Crippen LogP contribution is -2.30. The van der Waals surface area contributed by atoms with Crippen LogP contribution in [0.1, 0.15) is 10.4 Å². The molecule has 1 aromatic heterocycles. The lowest BCUT2D eigenvalue weighted by molar-refractivity contribution is 0.0952. The number of amides is 1. The number of nitrogen functional groups attached to an aromatic ring is 1. The van der Waals surface area contributed by atoms with Crippen LogP contribution in [0.5, 0.6) is 0 Å². The van der Waals surface area contributed by atoms with E-state index in [2.05, 4.69) is 5.10 Å². The van der Waals surface area contributed by atoms with Gasteiger partial charge in [-0.05, 0) is 22.6 Å². The molecule has 0 radical (unpaired) electrons. The molecule has 0 atom stereocenters. The maximum atomic E-state index is 11.0. The van der Waals surface area contributed by atoms with Gasteiger partial charge in [0, 0.05) is 7.05 Å². The van der Waals surface area contributed by atoms with Crippen molar-refractivity contribution in [3.63, 3.8) is 0 Å². The summed E-state index contributed by atoms with van der Waals surface area (Å²) in [5.41, 5.74) is 2.53. The van der Waals surface area contributed by atoms with Crippen molar-refractivity contribution in [1.82, 2.24) is 15.2 Å². The van der Waals surface area contributed by atoms with Gasteiger partial charge >= 0.3 is 0 Å². The first kappa shape index (κ1) is 8.47. The van der Waals surface area contributed by atoms with E-state index in [0.29, 0.717) is 5.56 Å². The molecule has 0 unspecified atom stereocenters. The maximum absolute atomic E-state index is 11.0. The molecule has 0 aliphatic carbocycles. The van der Waals surface area contributed by atoms with Gasteiger partial charge in [0.1, 0.15) is 3.70 Å². The van der Waals surface area contributed by atoms with E-state index in [4.69, 9.17) is 5.84 Å². The van der Waals surface area contributed by atoms with Gasteiger partial charge < -0.3 is 0 Å². The van der Waals surface area contributed by atoms with Gasteiger partial charge in [0.25, 0.3) is 5.91 Å². The second-order valence-corrected chi connectivity index (χ2v) is 2.97. The first-order valence-corrected chi connectivity index (χ1v) is 3.93. The number of nitrogens with two attached hydrogens (primary N) is 1. The van der Waals surface area contributed by atoms with Gasteiger partial charge in [-0.1, -0.05) is 0 Å². The summed E-state index contributed by atoms with van der Waals surface area (Å²) in [7, 11) is 1.76. The van der Waals surface area contributed by atoms with Gasteiger partial charge in [0.05, 0.1) is 11.8 Å².